The summed E-state index contributed by atoms with van der Waals surface area (Å²) < 4.78 is 31.0. The molecule has 1 aromatic heterocycles. The summed E-state index contributed by atoms with van der Waals surface area (Å²) >= 11 is 1.66. The van der Waals surface area contributed by atoms with Gasteiger partial charge in [-0.05, 0) is 66.8 Å². The van der Waals surface area contributed by atoms with E-state index in [1.807, 2.05) is 43.5 Å². The molecule has 0 fully saturated rings. The van der Waals surface area contributed by atoms with Crippen molar-refractivity contribution in [2.75, 3.05) is 25.7 Å². The molecule has 8 heteroatoms. The Bertz CT molecular complexity index is 1180. The second kappa shape index (κ2) is 10.4. The van der Waals surface area contributed by atoms with Gasteiger partial charge in [0.25, 0.3) is 0 Å². The lowest BCUT2D eigenvalue weighted by Crippen LogP contribution is -2.10. The molecule has 0 aliphatic heterocycles. The van der Waals surface area contributed by atoms with Crippen LogP contribution in [-0.2, 0) is 25.8 Å². The topological polar surface area (TPSA) is 85.6 Å². The lowest BCUT2D eigenvalue weighted by Gasteiger charge is -2.13. The number of hydrogen-bond acceptors (Lipinski definition) is 6. The molecule has 0 unspecified atom stereocenters. The summed E-state index contributed by atoms with van der Waals surface area (Å²) in [5.41, 5.74) is 4.38. The number of thioether (sulfide) groups is 1. The van der Waals surface area contributed by atoms with Gasteiger partial charge in [-0.15, -0.1) is 11.8 Å². The van der Waals surface area contributed by atoms with Crippen LogP contribution in [0.2, 0.25) is 0 Å². The highest BCUT2D eigenvalue weighted by Gasteiger charge is 2.18. The van der Waals surface area contributed by atoms with Crippen LogP contribution in [0.1, 0.15) is 17.7 Å². The lowest BCUT2D eigenvalue weighted by molar-refractivity contribution is -0.143. The third-order valence-electron chi connectivity index (χ3n) is 5.16. The van der Waals surface area contributed by atoms with Crippen LogP contribution in [-0.4, -0.2) is 49.8 Å². The van der Waals surface area contributed by atoms with Crippen LogP contribution < -0.4 is 0 Å². The quantitative estimate of drug-likeness (QED) is 0.287. The molecule has 170 valence electrons. The largest absolute Gasteiger partial charge is 0.465 e. The molecule has 6 nitrogen and oxygen atoms in total. The molecule has 0 aliphatic carbocycles. The standard InChI is InChI=1S/C24H27NO5S2/c1-17-19(16-24(27)30-14-4-13-26)15-23(18-5-11-22(12-6-18)32(3,28)29)25(17)20-7-9-21(31-2)10-8-20/h5-12,15,26H,4,13-14,16H2,1-3H3. The fraction of sp³-hybridized carbons (Fsp3) is 0.292. The average Bonchev–Trinajstić information content (AvgIpc) is 3.09. The van der Waals surface area contributed by atoms with E-state index in [0.29, 0.717) is 6.42 Å². The van der Waals surface area contributed by atoms with Crippen molar-refractivity contribution in [2.24, 2.45) is 0 Å². The summed E-state index contributed by atoms with van der Waals surface area (Å²) in [6, 6.07) is 16.8. The van der Waals surface area contributed by atoms with Crippen LogP contribution in [0.25, 0.3) is 16.9 Å². The minimum absolute atomic E-state index is 0.0254. The number of esters is 1. The third kappa shape index (κ3) is 5.62. The van der Waals surface area contributed by atoms with Gasteiger partial charge in [0.15, 0.2) is 9.84 Å². The van der Waals surface area contributed by atoms with Gasteiger partial charge in [0.1, 0.15) is 0 Å². The van der Waals surface area contributed by atoms with E-state index in [1.165, 1.54) is 6.26 Å². The molecule has 0 saturated heterocycles. The smallest absolute Gasteiger partial charge is 0.310 e. The zero-order chi connectivity index (χ0) is 23.3. The van der Waals surface area contributed by atoms with Gasteiger partial charge in [-0.3, -0.25) is 4.79 Å². The first-order valence-electron chi connectivity index (χ1n) is 10.2. The minimum atomic E-state index is -3.29. The molecule has 0 bridgehead atoms. The van der Waals surface area contributed by atoms with Crippen molar-refractivity contribution < 1.29 is 23.1 Å². The van der Waals surface area contributed by atoms with Crippen molar-refractivity contribution in [3.05, 3.63) is 65.9 Å². The van der Waals surface area contributed by atoms with Crippen LogP contribution in [0.3, 0.4) is 0 Å². The number of rotatable bonds is 9. The summed E-state index contributed by atoms with van der Waals surface area (Å²) in [5, 5.41) is 8.88. The predicted octanol–water partition coefficient (Wildman–Crippen LogP) is 4.05. The van der Waals surface area contributed by atoms with Gasteiger partial charge >= 0.3 is 5.97 Å². The summed E-state index contributed by atoms with van der Waals surface area (Å²) in [7, 11) is -3.29. The van der Waals surface area contributed by atoms with Crippen molar-refractivity contribution >= 4 is 27.6 Å². The molecule has 3 rings (SSSR count). The number of carbonyl (C=O) groups is 1. The van der Waals surface area contributed by atoms with E-state index in [-0.39, 0.29) is 30.5 Å². The second-order valence-electron chi connectivity index (χ2n) is 7.44. The summed E-state index contributed by atoms with van der Waals surface area (Å²) in [6.45, 7) is 2.11. The maximum absolute atomic E-state index is 12.3. The Morgan fingerprint density at radius 2 is 1.75 bits per heavy atom. The van der Waals surface area contributed by atoms with Crippen LogP contribution in [0.4, 0.5) is 0 Å². The van der Waals surface area contributed by atoms with Gasteiger partial charge in [0.2, 0.25) is 0 Å². The van der Waals surface area contributed by atoms with E-state index in [9.17, 15) is 13.2 Å². The van der Waals surface area contributed by atoms with E-state index in [4.69, 9.17) is 9.84 Å². The molecule has 0 spiro atoms. The van der Waals surface area contributed by atoms with Gasteiger partial charge in [0.05, 0.1) is 23.6 Å². The van der Waals surface area contributed by atoms with Crippen LogP contribution >= 0.6 is 11.8 Å². The summed E-state index contributed by atoms with van der Waals surface area (Å²) in [6.07, 6.45) is 3.72. The van der Waals surface area contributed by atoms with E-state index >= 15 is 0 Å². The summed E-state index contributed by atoms with van der Waals surface area (Å²) in [5.74, 6) is -0.351. The monoisotopic (exact) mass is 473 g/mol. The molecule has 1 N–H and O–H groups in total. The molecule has 2 aromatic carbocycles. The first-order chi connectivity index (χ1) is 15.2. The van der Waals surface area contributed by atoms with E-state index in [0.717, 1.165) is 33.1 Å². The van der Waals surface area contributed by atoms with E-state index in [1.54, 1.807) is 36.0 Å². The Kier molecular flexibility index (Phi) is 7.82. The number of aromatic nitrogens is 1. The molecule has 3 aromatic rings. The van der Waals surface area contributed by atoms with Gasteiger partial charge in [-0.1, -0.05) is 12.1 Å². The Hall–Kier alpha value is -2.55. The maximum Gasteiger partial charge on any atom is 0.310 e. The molecule has 0 atom stereocenters. The zero-order valence-corrected chi connectivity index (χ0v) is 20.0. The molecule has 32 heavy (non-hydrogen) atoms. The van der Waals surface area contributed by atoms with Gasteiger partial charge in [-0.25, -0.2) is 8.42 Å². The first-order valence-corrected chi connectivity index (χ1v) is 13.3. The molecular formula is C24H27NO5S2. The van der Waals surface area contributed by atoms with Crippen molar-refractivity contribution in [3.63, 3.8) is 0 Å². The number of hydrogen-bond donors (Lipinski definition) is 1. The third-order valence-corrected chi connectivity index (χ3v) is 7.03. The van der Waals surface area contributed by atoms with Crippen LogP contribution in [0.15, 0.2) is 64.4 Å². The molecule has 1 heterocycles. The van der Waals surface area contributed by atoms with Crippen LogP contribution in [0.5, 0.6) is 0 Å². The normalized spacial score (nSPS) is 11.5. The fourth-order valence-corrected chi connectivity index (χ4v) is 4.48. The van der Waals surface area contributed by atoms with Gasteiger partial charge in [-0.2, -0.15) is 0 Å². The summed E-state index contributed by atoms with van der Waals surface area (Å²) in [4.78, 5) is 13.7. The van der Waals surface area contributed by atoms with E-state index < -0.39 is 9.84 Å². The number of ether oxygens (including phenoxy) is 1. The molecule has 0 radical (unpaired) electrons. The number of aliphatic hydroxyl groups excluding tert-OH is 1. The maximum atomic E-state index is 12.3. The second-order valence-corrected chi connectivity index (χ2v) is 10.3. The lowest BCUT2D eigenvalue weighted by atomic mass is 10.1. The Labute approximate surface area is 193 Å². The Balaban J connectivity index is 2.04. The van der Waals surface area contributed by atoms with Crippen LogP contribution in [0, 0.1) is 6.92 Å². The fourth-order valence-electron chi connectivity index (χ4n) is 3.44. The number of benzene rings is 2. The predicted molar refractivity (Wildman–Crippen MR) is 127 cm³/mol. The van der Waals surface area contributed by atoms with Crippen molar-refractivity contribution in [2.45, 2.75) is 29.6 Å². The first kappa shape index (κ1) is 24.1. The van der Waals surface area contributed by atoms with Gasteiger partial charge in [0, 0.05) is 35.6 Å². The molecule has 0 aliphatic rings. The Morgan fingerprint density at radius 3 is 2.31 bits per heavy atom. The van der Waals surface area contributed by atoms with Gasteiger partial charge < -0.3 is 14.4 Å². The highest BCUT2D eigenvalue weighted by atomic mass is 32.2. The van der Waals surface area contributed by atoms with Crippen molar-refractivity contribution in [3.8, 4) is 16.9 Å². The number of sulfone groups is 1. The zero-order valence-electron chi connectivity index (χ0n) is 18.4. The molecular weight excluding hydrogens is 446 g/mol. The highest BCUT2D eigenvalue weighted by Crippen LogP contribution is 2.31. The average molecular weight is 474 g/mol. The molecule has 0 saturated carbocycles. The van der Waals surface area contributed by atoms with E-state index in [2.05, 4.69) is 4.57 Å². The number of carbonyl (C=O) groups excluding carboxylic acids is 1. The number of aliphatic hydroxyl groups is 1. The minimum Gasteiger partial charge on any atom is -0.465 e. The SMILES string of the molecule is CSc1ccc(-n2c(-c3ccc(S(C)(=O)=O)cc3)cc(CC(=O)OCCCO)c2C)cc1. The Morgan fingerprint density at radius 1 is 1.09 bits per heavy atom. The highest BCUT2D eigenvalue weighted by molar-refractivity contribution is 7.98. The number of nitrogens with zero attached hydrogens (tertiary/aromatic N) is 1. The molecule has 0 amide bonds. The van der Waals surface area contributed by atoms with Crippen molar-refractivity contribution in [1.82, 2.24) is 4.57 Å². The van der Waals surface area contributed by atoms with Crippen molar-refractivity contribution in [1.29, 1.82) is 0 Å².